The van der Waals surface area contributed by atoms with Gasteiger partial charge in [-0.25, -0.2) is 9.37 Å². The molecule has 5 heteroatoms. The minimum Gasteiger partial charge on any atom is -0.375 e. The van der Waals surface area contributed by atoms with Gasteiger partial charge in [0.1, 0.15) is 0 Å². The van der Waals surface area contributed by atoms with Gasteiger partial charge in [-0.3, -0.25) is 0 Å². The van der Waals surface area contributed by atoms with E-state index in [0.29, 0.717) is 5.69 Å². The molecule has 0 aliphatic carbocycles. The summed E-state index contributed by atoms with van der Waals surface area (Å²) in [5.74, 6) is -0.414. The molecule has 2 rings (SSSR count). The predicted octanol–water partition coefficient (Wildman–Crippen LogP) is 4.42. The maximum absolute atomic E-state index is 13.7. The fourth-order valence-electron chi connectivity index (χ4n) is 1.64. The molecule has 0 radical (unpaired) electrons. The number of nitrogens with zero attached hydrogens (tertiary/aromatic N) is 1. The van der Waals surface area contributed by atoms with E-state index in [9.17, 15) is 4.39 Å². The van der Waals surface area contributed by atoms with Crippen molar-refractivity contribution in [1.82, 2.24) is 4.98 Å². The van der Waals surface area contributed by atoms with Crippen molar-refractivity contribution >= 4 is 28.6 Å². The average Bonchev–Trinajstić information content (AvgIpc) is 2.71. The lowest BCUT2D eigenvalue weighted by Crippen LogP contribution is -2.07. The van der Waals surface area contributed by atoms with Crippen LogP contribution in [0.2, 0.25) is 5.02 Å². The molecule has 90 valence electrons. The molecule has 0 amide bonds. The summed E-state index contributed by atoms with van der Waals surface area (Å²) in [6.45, 7) is 3.92. The smallest absolute Gasteiger partial charge is 0.164 e. The van der Waals surface area contributed by atoms with Gasteiger partial charge in [-0.05, 0) is 26.0 Å². The summed E-state index contributed by atoms with van der Waals surface area (Å²) in [5.41, 5.74) is 3.17. The Balaban J connectivity index is 2.22. The van der Waals surface area contributed by atoms with Gasteiger partial charge in [-0.1, -0.05) is 17.7 Å². The van der Waals surface area contributed by atoms with Crippen molar-refractivity contribution < 1.29 is 4.39 Å². The highest BCUT2D eigenvalue weighted by atomic mass is 35.5. The SMILES string of the molecule is Cc1ncsc1C(C)Nc1cccc(Cl)c1F. The van der Waals surface area contributed by atoms with Gasteiger partial charge in [0.25, 0.3) is 0 Å². The van der Waals surface area contributed by atoms with Crippen LogP contribution in [0.5, 0.6) is 0 Å². The highest BCUT2D eigenvalue weighted by molar-refractivity contribution is 7.09. The number of benzene rings is 1. The largest absolute Gasteiger partial charge is 0.375 e. The first-order chi connectivity index (χ1) is 8.09. The molecule has 1 aromatic heterocycles. The third-order valence-electron chi connectivity index (χ3n) is 2.50. The molecule has 1 N–H and O–H groups in total. The van der Waals surface area contributed by atoms with Crippen molar-refractivity contribution in [3.8, 4) is 0 Å². The van der Waals surface area contributed by atoms with Crippen LogP contribution in [-0.4, -0.2) is 4.98 Å². The fraction of sp³-hybridized carbons (Fsp3) is 0.250. The minimum atomic E-state index is -0.414. The fourth-order valence-corrected chi connectivity index (χ4v) is 2.63. The van der Waals surface area contributed by atoms with Crippen molar-refractivity contribution in [3.05, 3.63) is 45.1 Å². The highest BCUT2D eigenvalue weighted by Gasteiger charge is 2.13. The van der Waals surface area contributed by atoms with Gasteiger partial charge in [0, 0.05) is 4.88 Å². The van der Waals surface area contributed by atoms with Crippen LogP contribution in [0.3, 0.4) is 0 Å². The van der Waals surface area contributed by atoms with Crippen LogP contribution in [0.25, 0.3) is 0 Å². The lowest BCUT2D eigenvalue weighted by atomic mass is 10.2. The Labute approximate surface area is 108 Å². The first-order valence-electron chi connectivity index (χ1n) is 5.20. The first kappa shape index (κ1) is 12.3. The Kier molecular flexibility index (Phi) is 3.64. The number of nitrogens with one attached hydrogen (secondary N) is 1. The van der Waals surface area contributed by atoms with Crippen molar-refractivity contribution in [2.24, 2.45) is 0 Å². The number of anilines is 1. The topological polar surface area (TPSA) is 24.9 Å². The molecule has 0 aliphatic heterocycles. The Morgan fingerprint density at radius 1 is 1.47 bits per heavy atom. The van der Waals surface area contributed by atoms with E-state index in [1.165, 1.54) is 6.07 Å². The Morgan fingerprint density at radius 3 is 2.88 bits per heavy atom. The summed E-state index contributed by atoms with van der Waals surface area (Å²) < 4.78 is 13.7. The van der Waals surface area contributed by atoms with E-state index in [2.05, 4.69) is 10.3 Å². The van der Waals surface area contributed by atoms with Crippen LogP contribution in [-0.2, 0) is 0 Å². The standard InChI is InChI=1S/C12H12ClFN2S/c1-7-12(17-6-15-7)8(2)16-10-5-3-4-9(13)11(10)14/h3-6,8,16H,1-2H3. The van der Waals surface area contributed by atoms with Gasteiger partial charge in [0.05, 0.1) is 28.0 Å². The summed E-state index contributed by atoms with van der Waals surface area (Å²) in [6.07, 6.45) is 0. The second-order valence-electron chi connectivity index (χ2n) is 3.77. The van der Waals surface area contributed by atoms with Crippen LogP contribution in [0, 0.1) is 12.7 Å². The van der Waals surface area contributed by atoms with E-state index >= 15 is 0 Å². The van der Waals surface area contributed by atoms with E-state index < -0.39 is 5.82 Å². The maximum Gasteiger partial charge on any atom is 0.164 e. The lowest BCUT2D eigenvalue weighted by Gasteiger charge is -2.15. The van der Waals surface area contributed by atoms with E-state index in [1.54, 1.807) is 29.0 Å². The molecule has 2 nitrogen and oxygen atoms in total. The number of aryl methyl sites for hydroxylation is 1. The van der Waals surface area contributed by atoms with Crippen molar-refractivity contribution in [2.45, 2.75) is 19.9 Å². The lowest BCUT2D eigenvalue weighted by molar-refractivity contribution is 0.628. The molecule has 17 heavy (non-hydrogen) atoms. The molecule has 1 atom stereocenters. The molecule has 0 saturated heterocycles. The minimum absolute atomic E-state index is 0.00969. The molecule has 0 fully saturated rings. The first-order valence-corrected chi connectivity index (χ1v) is 6.46. The summed E-state index contributed by atoms with van der Waals surface area (Å²) in [4.78, 5) is 5.28. The molecular weight excluding hydrogens is 259 g/mol. The van der Waals surface area contributed by atoms with Crippen molar-refractivity contribution in [2.75, 3.05) is 5.32 Å². The third-order valence-corrected chi connectivity index (χ3v) is 3.91. The Bertz CT molecular complexity index is 527. The molecule has 1 heterocycles. The average molecular weight is 271 g/mol. The van der Waals surface area contributed by atoms with E-state index in [1.807, 2.05) is 13.8 Å². The number of aromatic nitrogens is 1. The second-order valence-corrected chi connectivity index (χ2v) is 5.06. The van der Waals surface area contributed by atoms with Crippen LogP contribution in [0.15, 0.2) is 23.7 Å². The predicted molar refractivity (Wildman–Crippen MR) is 70.3 cm³/mol. The number of hydrogen-bond acceptors (Lipinski definition) is 3. The zero-order chi connectivity index (χ0) is 12.4. The van der Waals surface area contributed by atoms with Crippen LogP contribution < -0.4 is 5.32 Å². The molecular formula is C12H12ClFN2S. The second kappa shape index (κ2) is 5.02. The number of rotatable bonds is 3. The van der Waals surface area contributed by atoms with E-state index in [0.717, 1.165) is 10.6 Å². The zero-order valence-electron chi connectivity index (χ0n) is 9.50. The number of hydrogen-bond donors (Lipinski definition) is 1. The zero-order valence-corrected chi connectivity index (χ0v) is 11.1. The Hall–Kier alpha value is -1.13. The summed E-state index contributed by atoms with van der Waals surface area (Å²) >= 11 is 7.29. The normalized spacial score (nSPS) is 12.5. The van der Waals surface area contributed by atoms with E-state index in [-0.39, 0.29) is 11.1 Å². The van der Waals surface area contributed by atoms with Gasteiger partial charge in [0.2, 0.25) is 0 Å². The molecule has 0 aliphatic rings. The van der Waals surface area contributed by atoms with Gasteiger partial charge < -0.3 is 5.32 Å². The Morgan fingerprint density at radius 2 is 2.24 bits per heavy atom. The third kappa shape index (κ3) is 2.58. The van der Waals surface area contributed by atoms with Crippen molar-refractivity contribution in [3.63, 3.8) is 0 Å². The molecule has 2 aromatic rings. The molecule has 0 bridgehead atoms. The molecule has 1 aromatic carbocycles. The van der Waals surface area contributed by atoms with E-state index in [4.69, 9.17) is 11.6 Å². The quantitative estimate of drug-likeness (QED) is 0.893. The van der Waals surface area contributed by atoms with Crippen LogP contribution in [0.1, 0.15) is 23.5 Å². The van der Waals surface area contributed by atoms with Gasteiger partial charge >= 0.3 is 0 Å². The maximum atomic E-state index is 13.7. The van der Waals surface area contributed by atoms with Gasteiger partial charge in [-0.2, -0.15) is 0 Å². The van der Waals surface area contributed by atoms with Gasteiger partial charge in [-0.15, -0.1) is 11.3 Å². The molecule has 0 spiro atoms. The summed E-state index contributed by atoms with van der Waals surface area (Å²) in [7, 11) is 0. The van der Waals surface area contributed by atoms with Crippen molar-refractivity contribution in [1.29, 1.82) is 0 Å². The highest BCUT2D eigenvalue weighted by Crippen LogP contribution is 2.28. The summed E-state index contributed by atoms with van der Waals surface area (Å²) in [5, 5.41) is 3.23. The molecule has 0 saturated carbocycles. The molecule has 1 unspecified atom stereocenters. The van der Waals surface area contributed by atoms with Gasteiger partial charge in [0.15, 0.2) is 5.82 Å². The van der Waals surface area contributed by atoms with Crippen LogP contribution >= 0.6 is 22.9 Å². The number of halogens is 2. The monoisotopic (exact) mass is 270 g/mol. The van der Waals surface area contributed by atoms with Crippen LogP contribution in [0.4, 0.5) is 10.1 Å². The number of thiazole rings is 1. The summed E-state index contributed by atoms with van der Waals surface area (Å²) in [6, 6.07) is 4.94.